The maximum Gasteiger partial charge on any atom is 0.407 e. The van der Waals surface area contributed by atoms with E-state index >= 15 is 8.78 Å². The molecule has 16 nitrogen and oxygen atoms in total. The van der Waals surface area contributed by atoms with Gasteiger partial charge >= 0.3 is 6.09 Å². The van der Waals surface area contributed by atoms with Crippen molar-refractivity contribution in [3.8, 4) is 33.5 Å². The van der Waals surface area contributed by atoms with E-state index in [0.29, 0.717) is 62.7 Å². The average molecular weight is 967 g/mol. The van der Waals surface area contributed by atoms with Crippen molar-refractivity contribution in [2.75, 3.05) is 32.8 Å². The number of halogens is 2. The molecule has 2 aromatic heterocycles. The molecule has 5 aromatic rings. The summed E-state index contributed by atoms with van der Waals surface area (Å²) in [6, 6.07) is 12.5. The first-order valence-corrected chi connectivity index (χ1v) is 25.4. The van der Waals surface area contributed by atoms with E-state index in [2.05, 4.69) is 27.2 Å². The molecule has 69 heavy (non-hydrogen) atoms. The van der Waals surface area contributed by atoms with Gasteiger partial charge in [0.25, 0.3) is 5.92 Å². The zero-order valence-electron chi connectivity index (χ0n) is 39.0. The number of aromatic nitrogens is 4. The maximum absolute atomic E-state index is 16.7. The van der Waals surface area contributed by atoms with E-state index in [9.17, 15) is 27.9 Å². The first kappa shape index (κ1) is 46.7. The number of amides is 3. The lowest BCUT2D eigenvalue weighted by atomic mass is 9.96. The van der Waals surface area contributed by atoms with Crippen molar-refractivity contribution < 1.29 is 46.2 Å². The van der Waals surface area contributed by atoms with E-state index in [0.717, 1.165) is 43.9 Å². The number of piperidine rings is 1. The third kappa shape index (κ3) is 8.19. The smallest absolute Gasteiger partial charge is 0.407 e. The number of rotatable bonds is 14. The largest absolute Gasteiger partial charge is 0.453 e. The number of benzene rings is 3. The topological polar surface area (TPSA) is 212 Å². The van der Waals surface area contributed by atoms with Crippen LogP contribution in [-0.4, -0.2) is 118 Å². The number of methoxy groups -OCH3 is 2. The summed E-state index contributed by atoms with van der Waals surface area (Å²) in [6.45, 7) is 8.65. The van der Waals surface area contributed by atoms with E-state index in [1.165, 1.54) is 26.4 Å². The quantitative estimate of drug-likeness (QED) is 0.0583. The lowest BCUT2D eigenvalue weighted by molar-refractivity contribution is -0.145. The van der Waals surface area contributed by atoms with Gasteiger partial charge in [0.2, 0.25) is 18.2 Å². The summed E-state index contributed by atoms with van der Waals surface area (Å²) in [6.07, 6.45) is 4.63. The van der Waals surface area contributed by atoms with Gasteiger partial charge in [-0.05, 0) is 102 Å². The molecule has 7 atom stereocenters. The second kappa shape index (κ2) is 17.1. The lowest BCUT2D eigenvalue weighted by Crippen LogP contribution is -2.53. The number of aliphatic hydroxyl groups is 1. The minimum atomic E-state index is -3.44. The van der Waals surface area contributed by atoms with Crippen molar-refractivity contribution in [2.24, 2.45) is 17.3 Å². The van der Waals surface area contributed by atoms with Gasteiger partial charge in [-0.25, -0.2) is 23.2 Å². The Morgan fingerprint density at radius 1 is 0.957 bits per heavy atom. The summed E-state index contributed by atoms with van der Waals surface area (Å²) >= 11 is 0. The third-order valence-electron chi connectivity index (χ3n) is 15.1. The number of nitrogens with zero attached hydrogens (tertiary/aromatic N) is 4. The Labute approximate surface area is 398 Å². The predicted molar refractivity (Wildman–Crippen MR) is 252 cm³/mol. The summed E-state index contributed by atoms with van der Waals surface area (Å²) in [4.78, 5) is 60.5. The predicted octanol–water partition coefficient (Wildman–Crippen LogP) is 6.71. The third-order valence-corrected chi connectivity index (χ3v) is 16.1. The molecule has 10 rings (SSSR count). The number of alkyl carbamates (subject to hydrolysis) is 1. The average Bonchev–Trinajstić information content (AvgIpc) is 3.92. The number of aromatic amines is 2. The van der Waals surface area contributed by atoms with Gasteiger partial charge in [-0.1, -0.05) is 50.8 Å². The van der Waals surface area contributed by atoms with Gasteiger partial charge in [0.15, 0.2) is 0 Å². The molecule has 2 aliphatic heterocycles. The number of ether oxygens (including phenoxy) is 2. The highest BCUT2D eigenvalue weighted by Crippen LogP contribution is 2.61. The van der Waals surface area contributed by atoms with Crippen LogP contribution in [0.25, 0.3) is 44.5 Å². The fourth-order valence-corrected chi connectivity index (χ4v) is 11.9. The van der Waals surface area contributed by atoms with Crippen LogP contribution in [-0.2, 0) is 34.8 Å². The normalized spacial score (nSPS) is 23.1. The molecule has 1 unspecified atom stereocenters. The Kier molecular flexibility index (Phi) is 11.6. The zero-order chi connectivity index (χ0) is 48.9. The van der Waals surface area contributed by atoms with Crippen LogP contribution in [0.2, 0.25) is 0 Å². The molecule has 3 aromatic carbocycles. The van der Waals surface area contributed by atoms with Crippen molar-refractivity contribution in [2.45, 2.75) is 94.9 Å². The van der Waals surface area contributed by atoms with Crippen LogP contribution in [0.4, 0.5) is 13.6 Å². The number of hydrogen-bond acceptors (Lipinski definition) is 11. The minimum Gasteiger partial charge on any atom is -0.453 e. The van der Waals surface area contributed by atoms with Gasteiger partial charge < -0.3 is 39.7 Å². The van der Waals surface area contributed by atoms with E-state index < -0.39 is 58.3 Å². The molecular formula is C50H56F2N8O8S. The van der Waals surface area contributed by atoms with Gasteiger partial charge in [0.1, 0.15) is 33.6 Å². The first-order valence-electron chi connectivity index (χ1n) is 23.3. The number of aliphatic hydroxyl groups excluding tert-OH is 1. The summed E-state index contributed by atoms with van der Waals surface area (Å²) in [5.41, 5.74) is 4.69. The fourth-order valence-electron chi connectivity index (χ4n) is 11.3. The van der Waals surface area contributed by atoms with Crippen LogP contribution < -0.4 is 10.6 Å². The van der Waals surface area contributed by atoms with E-state index in [1.54, 1.807) is 34.2 Å². The summed E-state index contributed by atoms with van der Waals surface area (Å²) < 4.78 is 67.4. The molecule has 3 amide bonds. The molecule has 4 heterocycles. The van der Waals surface area contributed by atoms with Crippen molar-refractivity contribution in [1.29, 1.82) is 0 Å². The van der Waals surface area contributed by atoms with Gasteiger partial charge in [0.05, 0.1) is 41.7 Å². The summed E-state index contributed by atoms with van der Waals surface area (Å²) in [5, 5.41) is 15.6. The van der Waals surface area contributed by atoms with Crippen LogP contribution in [0.15, 0.2) is 72.9 Å². The second-order valence-corrected chi connectivity index (χ2v) is 22.1. The molecule has 0 radical (unpaired) electrons. The lowest BCUT2D eigenvalue weighted by Gasteiger charge is -2.36. The Bertz CT molecular complexity index is 3020. The molecule has 5 aliphatic rings. The SMILES string of the molecule is C=C1[C@@H](c2nc(-c3ccc4c(c3)C(F)(F)c3cc(-c5ccc6nc([C@@H]7[C@H]8CC[C@H](C8)N7C(=O)[C@H](CCS(C)(=O)=O)NC(=O)OC)[nH]c6c5)ccc3-4)c[nH]2)N(C(=O)[C@@H](NC(O)OC)C(C)C)CC12CC2. The molecule has 1 spiro atoms. The Morgan fingerprint density at radius 3 is 2.30 bits per heavy atom. The van der Waals surface area contributed by atoms with E-state index in [4.69, 9.17) is 19.4 Å². The van der Waals surface area contributed by atoms with E-state index in [1.807, 2.05) is 38.1 Å². The van der Waals surface area contributed by atoms with E-state index in [-0.39, 0.29) is 52.5 Å². The molecule has 5 N–H and O–H groups in total. The summed E-state index contributed by atoms with van der Waals surface area (Å²) in [5.74, 6) is -3.31. The molecule has 2 saturated heterocycles. The standard InChI is InChI=1S/C50H56F2N8O8S/c1-25(2)40(58-48(64)68-5)46(62)59-24-49(16-17-49)26(3)41(59)43-53-23-39(56-43)29-9-13-33-32-12-8-27(20-34(32)50(51,52)35(33)21-29)28-10-14-36-38(22-28)55-44(54-36)42-30-7-11-31(19-30)60(42)45(61)37(57-47(63)67-4)15-18-69(6,65)66/h8-10,12-14,20-23,25,30-31,37,40-42,48,58,64H,3,7,11,15-19,24H2,1-2,4-6H3,(H,53,56)(H,54,55)(H,57,63)/t30-,31+,37-,40-,41-,42-,48?/m0/s1. The molecule has 364 valence electrons. The minimum absolute atomic E-state index is 0.0930. The van der Waals surface area contributed by atoms with Crippen molar-refractivity contribution in [3.63, 3.8) is 0 Å². The first-order chi connectivity index (χ1) is 32.8. The number of likely N-dealkylation sites (tertiary alicyclic amines) is 2. The highest BCUT2D eigenvalue weighted by atomic mass is 32.2. The number of carbonyl (C=O) groups is 3. The fraction of sp³-hybridized carbons (Fsp3) is 0.460. The van der Waals surface area contributed by atoms with Gasteiger partial charge in [-0.2, -0.15) is 8.78 Å². The molecule has 19 heteroatoms. The van der Waals surface area contributed by atoms with Gasteiger partial charge in [-0.3, -0.25) is 14.9 Å². The number of imidazole rings is 2. The highest BCUT2D eigenvalue weighted by Gasteiger charge is 2.58. The number of H-pyrrole nitrogens is 2. The van der Waals surface area contributed by atoms with Crippen molar-refractivity contribution in [1.82, 2.24) is 40.4 Å². The maximum atomic E-state index is 16.7. The van der Waals surface area contributed by atoms with Crippen LogP contribution in [0.5, 0.6) is 0 Å². The second-order valence-electron chi connectivity index (χ2n) is 19.8. The number of sulfone groups is 1. The molecule has 2 bridgehead atoms. The highest BCUT2D eigenvalue weighted by molar-refractivity contribution is 7.90. The zero-order valence-corrected chi connectivity index (χ0v) is 39.8. The number of alkyl halides is 2. The van der Waals surface area contributed by atoms with Crippen LogP contribution in [0.1, 0.15) is 87.2 Å². The molecular weight excluding hydrogens is 911 g/mol. The Morgan fingerprint density at radius 2 is 1.64 bits per heavy atom. The number of hydrogen-bond donors (Lipinski definition) is 5. The molecule has 4 fully saturated rings. The Hall–Kier alpha value is -6.02. The number of carbonyl (C=O) groups excluding carboxylic acids is 3. The number of fused-ring (bicyclic) bond motifs is 6. The van der Waals surface area contributed by atoms with Crippen molar-refractivity contribution in [3.05, 3.63) is 95.7 Å². The molecule has 3 aliphatic carbocycles. The number of nitrogens with one attached hydrogen (secondary N) is 4. The monoisotopic (exact) mass is 966 g/mol. The Balaban J connectivity index is 0.897. The van der Waals surface area contributed by atoms with Crippen LogP contribution in [0, 0.1) is 17.3 Å². The summed E-state index contributed by atoms with van der Waals surface area (Å²) in [7, 11) is -0.916. The van der Waals surface area contributed by atoms with Crippen LogP contribution in [0.3, 0.4) is 0 Å². The van der Waals surface area contributed by atoms with Crippen molar-refractivity contribution >= 4 is 38.8 Å². The van der Waals surface area contributed by atoms with Gasteiger partial charge in [0, 0.05) is 54.3 Å². The van der Waals surface area contributed by atoms with Gasteiger partial charge in [-0.15, -0.1) is 0 Å². The molecule has 2 saturated carbocycles. The van der Waals surface area contributed by atoms with Crippen LogP contribution >= 0.6 is 0 Å².